The van der Waals surface area contributed by atoms with Gasteiger partial charge in [-0.3, -0.25) is 4.79 Å². The Morgan fingerprint density at radius 2 is 2.08 bits per heavy atom. The van der Waals surface area contributed by atoms with Gasteiger partial charge in [0.2, 0.25) is 0 Å². The lowest BCUT2D eigenvalue weighted by atomic mass is 10.1. The molecule has 1 aromatic rings. The van der Waals surface area contributed by atoms with E-state index >= 15 is 0 Å². The molecule has 0 aromatic heterocycles. The Labute approximate surface area is 67.2 Å². The summed E-state index contributed by atoms with van der Waals surface area (Å²) in [7, 11) is 0. The Morgan fingerprint density at radius 3 is 2.83 bits per heavy atom. The molecule has 1 heterocycles. The first-order valence-corrected chi connectivity index (χ1v) is 3.45. The van der Waals surface area contributed by atoms with E-state index in [1.54, 1.807) is 0 Å². The molecule has 1 amide bonds. The van der Waals surface area contributed by atoms with E-state index in [9.17, 15) is 13.6 Å². The van der Waals surface area contributed by atoms with E-state index in [2.05, 4.69) is 5.32 Å². The van der Waals surface area contributed by atoms with Gasteiger partial charge in [0, 0.05) is 17.7 Å². The molecule has 0 atom stereocenters. The van der Waals surface area contributed by atoms with Gasteiger partial charge >= 0.3 is 0 Å². The number of hydrogen-bond donors (Lipinski definition) is 1. The van der Waals surface area contributed by atoms with Crippen molar-refractivity contribution in [3.05, 3.63) is 34.9 Å². The quantitative estimate of drug-likeness (QED) is 0.621. The summed E-state index contributed by atoms with van der Waals surface area (Å²) >= 11 is 0. The number of amides is 1. The second kappa shape index (κ2) is 2.27. The second-order valence-electron chi connectivity index (χ2n) is 2.57. The van der Waals surface area contributed by atoms with Crippen LogP contribution in [0.3, 0.4) is 0 Å². The van der Waals surface area contributed by atoms with E-state index < -0.39 is 11.6 Å². The molecule has 0 spiro atoms. The Kier molecular flexibility index (Phi) is 1.36. The van der Waals surface area contributed by atoms with Gasteiger partial charge in [0.1, 0.15) is 0 Å². The molecule has 0 radical (unpaired) electrons. The average molecular weight is 169 g/mol. The number of carbonyl (C=O) groups excluding carboxylic acids is 1. The van der Waals surface area contributed by atoms with Gasteiger partial charge in [-0.25, -0.2) is 8.78 Å². The molecule has 12 heavy (non-hydrogen) atoms. The van der Waals surface area contributed by atoms with Crippen LogP contribution in [0.5, 0.6) is 0 Å². The van der Waals surface area contributed by atoms with Crippen LogP contribution in [-0.2, 0) is 6.54 Å². The first kappa shape index (κ1) is 7.21. The highest BCUT2D eigenvalue weighted by atomic mass is 19.2. The summed E-state index contributed by atoms with van der Waals surface area (Å²) in [6, 6.07) is 2.25. The van der Waals surface area contributed by atoms with Crippen LogP contribution in [0.2, 0.25) is 0 Å². The summed E-state index contributed by atoms with van der Waals surface area (Å²) in [5.74, 6) is -2.18. The largest absolute Gasteiger partial charge is 0.348 e. The zero-order chi connectivity index (χ0) is 8.72. The highest BCUT2D eigenvalue weighted by Crippen LogP contribution is 2.20. The van der Waals surface area contributed by atoms with E-state index in [0.29, 0.717) is 0 Å². The van der Waals surface area contributed by atoms with Gasteiger partial charge in [-0.2, -0.15) is 0 Å². The maximum absolute atomic E-state index is 12.9. The Bertz CT molecular complexity index is 362. The topological polar surface area (TPSA) is 29.1 Å². The van der Waals surface area contributed by atoms with Crippen LogP contribution < -0.4 is 5.32 Å². The molecule has 2 nitrogen and oxygen atoms in total. The van der Waals surface area contributed by atoms with Crippen LogP contribution >= 0.6 is 0 Å². The van der Waals surface area contributed by atoms with E-state index in [4.69, 9.17) is 0 Å². The van der Waals surface area contributed by atoms with Crippen molar-refractivity contribution in [2.45, 2.75) is 6.54 Å². The molecular formula is C8H5F2NO. The lowest BCUT2D eigenvalue weighted by molar-refractivity contribution is 0.0966. The lowest BCUT2D eigenvalue weighted by Gasteiger charge is -1.97. The van der Waals surface area contributed by atoms with Crippen LogP contribution in [0.1, 0.15) is 15.9 Å². The molecule has 0 bridgehead atoms. The predicted octanol–water partition coefficient (Wildman–Crippen LogP) is 1.21. The third-order valence-electron chi connectivity index (χ3n) is 1.87. The first-order valence-electron chi connectivity index (χ1n) is 3.45. The number of rotatable bonds is 0. The van der Waals surface area contributed by atoms with E-state index in [0.717, 1.165) is 6.07 Å². The van der Waals surface area contributed by atoms with Crippen LogP contribution in [-0.4, -0.2) is 5.91 Å². The molecule has 1 N–H and O–H groups in total. The summed E-state index contributed by atoms with van der Waals surface area (Å²) in [6.07, 6.45) is 0. The molecule has 0 fully saturated rings. The summed E-state index contributed by atoms with van der Waals surface area (Å²) in [5, 5.41) is 2.41. The predicted molar refractivity (Wildman–Crippen MR) is 37.5 cm³/mol. The van der Waals surface area contributed by atoms with Gasteiger partial charge in [0.25, 0.3) is 5.91 Å². The monoisotopic (exact) mass is 169 g/mol. The fraction of sp³-hybridized carbons (Fsp3) is 0.125. The van der Waals surface area contributed by atoms with Gasteiger partial charge in [-0.05, 0) is 12.1 Å². The van der Waals surface area contributed by atoms with E-state index in [-0.39, 0.29) is 23.6 Å². The smallest absolute Gasteiger partial charge is 0.252 e. The number of halogens is 2. The van der Waals surface area contributed by atoms with Gasteiger partial charge in [0.05, 0.1) is 0 Å². The minimum atomic E-state index is -0.925. The molecule has 0 aliphatic carbocycles. The van der Waals surface area contributed by atoms with Crippen LogP contribution in [0, 0.1) is 11.6 Å². The minimum absolute atomic E-state index is 0.0811. The van der Waals surface area contributed by atoms with Crippen molar-refractivity contribution in [3.63, 3.8) is 0 Å². The standard InChI is InChI=1S/C8H5F2NO/c9-6-2-1-4-5(7(6)10)3-11-8(4)12/h1-2H,3H2,(H,11,12). The molecule has 0 saturated heterocycles. The number of carbonyl (C=O) groups is 1. The van der Waals surface area contributed by atoms with E-state index in [1.807, 2.05) is 0 Å². The lowest BCUT2D eigenvalue weighted by Crippen LogP contribution is -2.12. The molecule has 1 aliphatic heterocycles. The highest BCUT2D eigenvalue weighted by Gasteiger charge is 2.23. The summed E-state index contributed by atoms with van der Waals surface area (Å²) in [5.41, 5.74) is 0.355. The van der Waals surface area contributed by atoms with Crippen molar-refractivity contribution in [1.29, 1.82) is 0 Å². The minimum Gasteiger partial charge on any atom is -0.348 e. The Hall–Kier alpha value is -1.45. The normalized spacial score (nSPS) is 14.3. The van der Waals surface area contributed by atoms with Gasteiger partial charge < -0.3 is 5.32 Å². The van der Waals surface area contributed by atoms with Gasteiger partial charge in [-0.1, -0.05) is 0 Å². The summed E-state index contributed by atoms with van der Waals surface area (Å²) in [4.78, 5) is 10.9. The maximum atomic E-state index is 12.9. The first-order chi connectivity index (χ1) is 5.70. The molecule has 1 aliphatic rings. The van der Waals surface area contributed by atoms with Crippen molar-refractivity contribution in [2.24, 2.45) is 0 Å². The summed E-state index contributed by atoms with van der Waals surface area (Å²) < 4.78 is 25.5. The number of hydrogen-bond acceptors (Lipinski definition) is 1. The molecule has 2 rings (SSSR count). The Morgan fingerprint density at radius 1 is 1.33 bits per heavy atom. The molecule has 62 valence electrons. The average Bonchev–Trinajstić information content (AvgIpc) is 2.41. The van der Waals surface area contributed by atoms with Crippen LogP contribution in [0.15, 0.2) is 12.1 Å². The second-order valence-corrected chi connectivity index (χ2v) is 2.57. The molecule has 0 saturated carbocycles. The molecule has 4 heteroatoms. The van der Waals surface area contributed by atoms with Crippen molar-refractivity contribution in [3.8, 4) is 0 Å². The Balaban J connectivity index is 2.68. The van der Waals surface area contributed by atoms with Gasteiger partial charge in [-0.15, -0.1) is 0 Å². The van der Waals surface area contributed by atoms with E-state index in [1.165, 1.54) is 6.07 Å². The maximum Gasteiger partial charge on any atom is 0.252 e. The molecule has 0 unspecified atom stereocenters. The van der Waals surface area contributed by atoms with Crippen LogP contribution in [0.4, 0.5) is 8.78 Å². The van der Waals surface area contributed by atoms with Crippen molar-refractivity contribution < 1.29 is 13.6 Å². The third kappa shape index (κ3) is 0.809. The SMILES string of the molecule is O=C1NCc2c1ccc(F)c2F. The highest BCUT2D eigenvalue weighted by molar-refractivity contribution is 5.98. The van der Waals surface area contributed by atoms with Crippen LogP contribution in [0.25, 0.3) is 0 Å². The van der Waals surface area contributed by atoms with Gasteiger partial charge in [0.15, 0.2) is 11.6 Å². The molecular weight excluding hydrogens is 164 g/mol. The zero-order valence-corrected chi connectivity index (χ0v) is 6.03. The molecule has 1 aromatic carbocycles. The summed E-state index contributed by atoms with van der Waals surface area (Å²) in [6.45, 7) is 0.0811. The van der Waals surface area contributed by atoms with Crippen molar-refractivity contribution >= 4 is 5.91 Å². The third-order valence-corrected chi connectivity index (χ3v) is 1.87. The zero-order valence-electron chi connectivity index (χ0n) is 6.03. The number of nitrogens with one attached hydrogen (secondary N) is 1. The van der Waals surface area contributed by atoms with Crippen molar-refractivity contribution in [2.75, 3.05) is 0 Å². The van der Waals surface area contributed by atoms with Crippen molar-refractivity contribution in [1.82, 2.24) is 5.32 Å². The number of fused-ring (bicyclic) bond motifs is 1. The fourth-order valence-corrected chi connectivity index (χ4v) is 1.24. The number of benzene rings is 1. The fourth-order valence-electron chi connectivity index (χ4n) is 1.24.